The van der Waals surface area contributed by atoms with Crippen LogP contribution >= 0.6 is 14.3 Å². The second-order valence-electron chi connectivity index (χ2n) is 16.6. The summed E-state index contributed by atoms with van der Waals surface area (Å²) in [6.07, 6.45) is 3.19. The number of benzene rings is 7. The van der Waals surface area contributed by atoms with E-state index in [0.29, 0.717) is 24.1 Å². The molecular formula is C52H56B2O2P2. The molecule has 7 aromatic carbocycles. The molecule has 0 bridgehead atoms. The van der Waals surface area contributed by atoms with E-state index < -0.39 is 19.9 Å². The van der Waals surface area contributed by atoms with Crippen molar-refractivity contribution in [3.63, 3.8) is 0 Å². The Hall–Kier alpha value is -4.55. The van der Waals surface area contributed by atoms with Gasteiger partial charge in [-0.2, -0.15) is 0 Å². The summed E-state index contributed by atoms with van der Waals surface area (Å²) in [6, 6.07) is 78.2. The van der Waals surface area contributed by atoms with E-state index >= 15 is 0 Å². The molecule has 4 atom stereocenters. The molecule has 0 amide bonds. The van der Waals surface area contributed by atoms with Crippen LogP contribution in [0.4, 0.5) is 0 Å². The first kappa shape index (κ1) is 40.2. The topological polar surface area (TPSA) is 18.5 Å². The van der Waals surface area contributed by atoms with E-state index in [1.54, 1.807) is 0 Å². The molecule has 1 aliphatic rings. The molecule has 1 saturated carbocycles. The Morgan fingerprint density at radius 3 is 1.19 bits per heavy atom. The minimum absolute atomic E-state index is 0.113. The van der Waals surface area contributed by atoms with Crippen molar-refractivity contribution in [3.8, 4) is 0 Å². The summed E-state index contributed by atoms with van der Waals surface area (Å²) in [5, 5.41) is 5.99. The van der Waals surface area contributed by atoms with Gasteiger partial charge in [-0.1, -0.05) is 0 Å². The van der Waals surface area contributed by atoms with Gasteiger partial charge in [0, 0.05) is 0 Å². The van der Waals surface area contributed by atoms with Gasteiger partial charge in [0.1, 0.15) is 0 Å². The van der Waals surface area contributed by atoms with Gasteiger partial charge in [-0.05, 0) is 0 Å². The van der Waals surface area contributed by atoms with Crippen molar-refractivity contribution in [1.82, 2.24) is 0 Å². The van der Waals surface area contributed by atoms with Crippen molar-refractivity contribution < 1.29 is 9.47 Å². The summed E-state index contributed by atoms with van der Waals surface area (Å²) in [4.78, 5) is 0. The predicted molar refractivity (Wildman–Crippen MR) is 259 cm³/mol. The van der Waals surface area contributed by atoms with Crippen molar-refractivity contribution in [1.29, 1.82) is 0 Å². The van der Waals surface area contributed by atoms with Crippen molar-refractivity contribution in [3.05, 3.63) is 229 Å². The van der Waals surface area contributed by atoms with Crippen LogP contribution in [0.15, 0.2) is 212 Å². The monoisotopic (exact) mass is 796 g/mol. The Labute approximate surface area is 349 Å². The van der Waals surface area contributed by atoms with Crippen LogP contribution in [0.1, 0.15) is 29.5 Å². The van der Waals surface area contributed by atoms with Crippen molar-refractivity contribution in [2.24, 2.45) is 11.8 Å². The maximum absolute atomic E-state index is 7.55. The maximum atomic E-state index is 7.55. The Morgan fingerprint density at radius 2 is 0.828 bits per heavy atom. The molecule has 0 N–H and O–H groups in total. The first-order chi connectivity index (χ1) is 28.5. The molecule has 2 nitrogen and oxygen atoms in total. The fourth-order valence-corrected chi connectivity index (χ4v) is 19.9. The Morgan fingerprint density at radius 1 is 0.483 bits per heavy atom. The zero-order valence-electron chi connectivity index (χ0n) is 34.2. The molecule has 1 unspecified atom stereocenters. The summed E-state index contributed by atoms with van der Waals surface area (Å²) in [6.45, 7) is 0.594. The number of methoxy groups -OCH3 is 1. The number of ether oxygens (including phenoxy) is 2. The van der Waals surface area contributed by atoms with E-state index in [1.807, 2.05) is 7.11 Å². The van der Waals surface area contributed by atoms with Gasteiger partial charge < -0.3 is 0 Å². The molecule has 0 aromatic heterocycles. The summed E-state index contributed by atoms with van der Waals surface area (Å²) < 4.78 is 14.2. The van der Waals surface area contributed by atoms with Crippen LogP contribution in [-0.4, -0.2) is 46.8 Å². The van der Waals surface area contributed by atoms with Gasteiger partial charge in [0.05, 0.1) is 0 Å². The molecule has 1 fully saturated rings. The van der Waals surface area contributed by atoms with E-state index in [4.69, 9.17) is 9.47 Å². The SMILES string of the molecule is B[PH](C[C@@H]1[C@@H](CCOC(c2ccccc2)(c2ccccc2)c2ccccc2)C(OC)C[C@@H]1[PH](B)(c1ccccc1)c1ccccc1)(c1ccccc1)c1ccccc1. The summed E-state index contributed by atoms with van der Waals surface area (Å²) >= 11 is 0. The van der Waals surface area contributed by atoms with E-state index in [0.717, 1.165) is 35.7 Å². The van der Waals surface area contributed by atoms with Gasteiger partial charge in [0.15, 0.2) is 0 Å². The second kappa shape index (κ2) is 18.2. The van der Waals surface area contributed by atoms with Crippen LogP contribution < -0.4 is 21.2 Å². The van der Waals surface area contributed by atoms with E-state index in [-0.39, 0.29) is 6.10 Å². The Kier molecular flexibility index (Phi) is 12.6. The summed E-state index contributed by atoms with van der Waals surface area (Å²) in [5.74, 6) is 0.704. The molecule has 0 heterocycles. The quantitative estimate of drug-likeness (QED) is 0.0591. The van der Waals surface area contributed by atoms with Gasteiger partial charge in [-0.3, -0.25) is 0 Å². The van der Waals surface area contributed by atoms with Crippen molar-refractivity contribution in [2.75, 3.05) is 19.9 Å². The van der Waals surface area contributed by atoms with Crippen molar-refractivity contribution >= 4 is 50.6 Å². The molecule has 292 valence electrons. The van der Waals surface area contributed by atoms with Gasteiger partial charge in [0.2, 0.25) is 0 Å². The molecule has 0 saturated heterocycles. The third kappa shape index (κ3) is 7.81. The number of hydrogen-bond donors (Lipinski definition) is 0. The first-order valence-corrected chi connectivity index (χ1v) is 26.3. The number of hydrogen-bond acceptors (Lipinski definition) is 2. The minimum atomic E-state index is -2.37. The van der Waals surface area contributed by atoms with Crippen LogP contribution in [0, 0.1) is 11.8 Å². The van der Waals surface area contributed by atoms with Crippen LogP contribution in [0.5, 0.6) is 0 Å². The fourth-order valence-electron chi connectivity index (χ4n) is 10.6. The van der Waals surface area contributed by atoms with Gasteiger partial charge in [-0.15, -0.1) is 0 Å². The third-order valence-corrected chi connectivity index (χ3v) is 23.3. The fraction of sp³-hybridized carbons (Fsp3) is 0.192. The average Bonchev–Trinajstić information content (AvgIpc) is 3.66. The summed E-state index contributed by atoms with van der Waals surface area (Å²) in [7, 11) is 2.58. The molecule has 8 rings (SSSR count). The molecule has 0 spiro atoms. The summed E-state index contributed by atoms with van der Waals surface area (Å²) in [5.41, 5.74) is 3.09. The Balaban J connectivity index is 1.25. The van der Waals surface area contributed by atoms with Crippen LogP contribution in [-0.2, 0) is 15.1 Å². The first-order valence-electron chi connectivity index (χ1n) is 21.0. The van der Waals surface area contributed by atoms with E-state index in [9.17, 15) is 0 Å². The predicted octanol–water partition coefficient (Wildman–Crippen LogP) is 8.30. The van der Waals surface area contributed by atoms with E-state index in [1.165, 1.54) is 21.2 Å². The third-order valence-electron chi connectivity index (χ3n) is 13.6. The normalized spacial score (nSPS) is 19.1. The van der Waals surface area contributed by atoms with Gasteiger partial charge >= 0.3 is 351 Å². The average molecular weight is 797 g/mol. The van der Waals surface area contributed by atoms with Crippen LogP contribution in [0.2, 0.25) is 0 Å². The van der Waals surface area contributed by atoms with Crippen molar-refractivity contribution in [2.45, 2.75) is 30.2 Å². The number of rotatable bonds is 15. The van der Waals surface area contributed by atoms with E-state index in [2.05, 4.69) is 227 Å². The molecular weight excluding hydrogens is 740 g/mol. The molecule has 0 radical (unpaired) electrons. The second-order valence-corrected chi connectivity index (χ2v) is 25.1. The molecule has 6 heteroatoms. The standard InChI is InChI=1S/C52H56B2O2P2/c1-55-50-39-51(58(54,46-33-19-7-20-34-46)47-35-21-8-22-36-47)49(40-57(53,44-29-15-5-16-30-44)45-31-17-6-18-32-45)48(50)37-38-56-52(41-23-9-2-10-24-41,42-25-11-3-12-26-42)43-27-13-4-14-28-43/h2-36,48-51,57-58H,37-40,53-54H2,1H3/t48-,49-,50?,51+/m1/s1. The Bertz CT molecular complexity index is 2130. The van der Waals surface area contributed by atoms with Crippen LogP contribution in [0.25, 0.3) is 0 Å². The van der Waals surface area contributed by atoms with Gasteiger partial charge in [-0.25, -0.2) is 0 Å². The molecule has 1 aliphatic carbocycles. The van der Waals surface area contributed by atoms with Crippen LogP contribution in [0.3, 0.4) is 0 Å². The molecule has 58 heavy (non-hydrogen) atoms. The zero-order valence-corrected chi connectivity index (χ0v) is 36.2. The van der Waals surface area contributed by atoms with Gasteiger partial charge in [0.25, 0.3) is 0 Å². The molecule has 0 aliphatic heterocycles. The zero-order chi connectivity index (χ0) is 39.8. The molecule has 7 aromatic rings.